The van der Waals surface area contributed by atoms with Gasteiger partial charge >= 0.3 is 0 Å². The van der Waals surface area contributed by atoms with Crippen LogP contribution in [0.5, 0.6) is 0 Å². The van der Waals surface area contributed by atoms with Gasteiger partial charge in [-0.15, -0.1) is 0 Å². The Bertz CT molecular complexity index is 803. The second-order valence-electron chi connectivity index (χ2n) is 5.57. The van der Waals surface area contributed by atoms with Gasteiger partial charge in [0.2, 0.25) is 0 Å². The van der Waals surface area contributed by atoms with Crippen molar-refractivity contribution >= 4 is 5.69 Å². The summed E-state index contributed by atoms with van der Waals surface area (Å²) in [6.45, 7) is 5.68. The van der Waals surface area contributed by atoms with E-state index < -0.39 is 11.6 Å². The van der Waals surface area contributed by atoms with Gasteiger partial charge in [-0.05, 0) is 44.6 Å². The topological polar surface area (TPSA) is 38.2 Å². The first-order valence-electron chi connectivity index (χ1n) is 7.84. The molecule has 0 saturated carbocycles. The van der Waals surface area contributed by atoms with Crippen molar-refractivity contribution in [3.8, 4) is 0 Å². The molecule has 25 heavy (non-hydrogen) atoms. The van der Waals surface area contributed by atoms with Crippen molar-refractivity contribution in [3.05, 3.63) is 77.2 Å². The third kappa shape index (κ3) is 4.86. The molecule has 6 heteroatoms. The van der Waals surface area contributed by atoms with E-state index in [4.69, 9.17) is 4.74 Å². The Morgan fingerprint density at radius 1 is 1.32 bits per heavy atom. The molecule has 0 amide bonds. The highest BCUT2D eigenvalue weighted by atomic mass is 19.1. The second kappa shape index (κ2) is 8.37. The fraction of sp³-hybridized carbons (Fsp3) is 0.263. The fourth-order valence-corrected chi connectivity index (χ4v) is 2.24. The molecule has 0 N–H and O–H groups in total. The molecule has 2 aromatic rings. The van der Waals surface area contributed by atoms with E-state index in [1.54, 1.807) is 18.5 Å². The lowest BCUT2D eigenvalue weighted by atomic mass is 10.2. The zero-order valence-electron chi connectivity index (χ0n) is 14.8. The molecule has 0 saturated heterocycles. The van der Waals surface area contributed by atoms with Crippen LogP contribution in [0.2, 0.25) is 0 Å². The number of rotatable bonds is 6. The van der Waals surface area contributed by atoms with Crippen molar-refractivity contribution in [2.75, 3.05) is 11.9 Å². The normalized spacial score (nSPS) is 12.2. The molecule has 0 aliphatic carbocycles. The third-order valence-electron chi connectivity index (χ3n) is 3.78. The van der Waals surface area contributed by atoms with Crippen molar-refractivity contribution in [2.24, 2.45) is 0 Å². The number of nitrogens with zero attached hydrogens (tertiary/aromatic N) is 3. The first-order chi connectivity index (χ1) is 11.9. The molecule has 0 aliphatic rings. The first kappa shape index (κ1) is 18.6. The van der Waals surface area contributed by atoms with Crippen LogP contribution in [-0.4, -0.2) is 17.0 Å². The highest BCUT2D eigenvalue weighted by Gasteiger charge is 2.09. The highest BCUT2D eigenvalue weighted by Crippen LogP contribution is 2.21. The number of aryl methyl sites for hydroxylation is 1. The van der Waals surface area contributed by atoms with Crippen LogP contribution < -0.4 is 4.90 Å². The van der Waals surface area contributed by atoms with E-state index in [-0.39, 0.29) is 12.3 Å². The van der Waals surface area contributed by atoms with E-state index >= 15 is 0 Å². The number of anilines is 1. The lowest BCUT2D eigenvalue weighted by Crippen LogP contribution is -2.16. The van der Waals surface area contributed by atoms with Crippen molar-refractivity contribution in [2.45, 2.75) is 27.4 Å². The zero-order chi connectivity index (χ0) is 18.4. The second-order valence-corrected chi connectivity index (χ2v) is 5.57. The van der Waals surface area contributed by atoms with Crippen molar-refractivity contribution in [1.82, 2.24) is 9.97 Å². The summed E-state index contributed by atoms with van der Waals surface area (Å²) in [5.41, 5.74) is 3.09. The quantitative estimate of drug-likeness (QED) is 0.570. The number of hydrogen-bond donors (Lipinski definition) is 0. The van der Waals surface area contributed by atoms with Crippen LogP contribution in [0.1, 0.15) is 25.1 Å². The largest absolute Gasteiger partial charge is 0.487 e. The molecule has 2 heterocycles. The zero-order valence-corrected chi connectivity index (χ0v) is 14.8. The molecule has 0 radical (unpaired) electrons. The minimum Gasteiger partial charge on any atom is -0.487 e. The van der Waals surface area contributed by atoms with Gasteiger partial charge in [0.15, 0.2) is 5.82 Å². The minimum absolute atomic E-state index is 0.0603. The van der Waals surface area contributed by atoms with Gasteiger partial charge in [-0.2, -0.15) is 0 Å². The lowest BCUT2D eigenvalue weighted by Gasteiger charge is -2.22. The lowest BCUT2D eigenvalue weighted by molar-refractivity contribution is 0.202. The summed E-state index contributed by atoms with van der Waals surface area (Å²) in [6, 6.07) is 2.72. The van der Waals surface area contributed by atoms with Crippen molar-refractivity contribution < 1.29 is 13.5 Å². The number of pyridine rings is 2. The summed E-state index contributed by atoms with van der Waals surface area (Å²) in [7, 11) is 1.95. The number of halogens is 2. The molecule has 0 aromatic carbocycles. The molecule has 0 fully saturated rings. The Kier molecular flexibility index (Phi) is 6.22. The maximum atomic E-state index is 13.6. The van der Waals surface area contributed by atoms with Crippen LogP contribution in [-0.2, 0) is 11.3 Å². The molecule has 0 aliphatic heterocycles. The van der Waals surface area contributed by atoms with Gasteiger partial charge in [-0.3, -0.25) is 9.97 Å². The standard InChI is InChI=1S/C19H21F2N3O/c1-5-16(25-12-18-17(21)9-15(20)11-23-18)8-14(3)24(4)19-6-7-22-10-13(19)2/h5-11H,12H2,1-4H3/b14-8-,16-5+. The summed E-state index contributed by atoms with van der Waals surface area (Å²) >= 11 is 0. The van der Waals surface area contributed by atoms with Crippen LogP contribution in [0, 0.1) is 18.6 Å². The minimum atomic E-state index is -0.722. The molecule has 2 aromatic heterocycles. The third-order valence-corrected chi connectivity index (χ3v) is 3.78. The maximum Gasteiger partial charge on any atom is 0.151 e. The molecule has 2 rings (SSSR count). The predicted molar refractivity (Wildman–Crippen MR) is 93.8 cm³/mol. The summed E-state index contributed by atoms with van der Waals surface area (Å²) in [4.78, 5) is 9.82. The van der Waals surface area contributed by atoms with Crippen LogP contribution in [0.3, 0.4) is 0 Å². The summed E-state index contributed by atoms with van der Waals surface area (Å²) < 4.78 is 32.1. The van der Waals surface area contributed by atoms with Gasteiger partial charge in [0, 0.05) is 36.9 Å². The van der Waals surface area contributed by atoms with Gasteiger partial charge in [-0.1, -0.05) is 0 Å². The van der Waals surface area contributed by atoms with E-state index in [9.17, 15) is 8.78 Å². The van der Waals surface area contributed by atoms with Gasteiger partial charge in [0.25, 0.3) is 0 Å². The molecule has 0 atom stereocenters. The predicted octanol–water partition coefficient (Wildman–Crippen LogP) is 4.52. The van der Waals surface area contributed by atoms with Gasteiger partial charge in [0.1, 0.15) is 23.9 Å². The summed E-state index contributed by atoms with van der Waals surface area (Å²) in [6.07, 6.45) is 8.13. The number of ether oxygens (including phenoxy) is 1. The fourth-order valence-electron chi connectivity index (χ4n) is 2.24. The van der Waals surface area contributed by atoms with Gasteiger partial charge in [0.05, 0.1) is 6.20 Å². The first-order valence-corrected chi connectivity index (χ1v) is 7.84. The Morgan fingerprint density at radius 2 is 2.08 bits per heavy atom. The molecule has 132 valence electrons. The van der Waals surface area contributed by atoms with E-state index in [0.717, 1.165) is 29.2 Å². The van der Waals surface area contributed by atoms with Crippen molar-refractivity contribution in [3.63, 3.8) is 0 Å². The molecule has 4 nitrogen and oxygen atoms in total. The monoisotopic (exact) mass is 345 g/mol. The summed E-state index contributed by atoms with van der Waals surface area (Å²) in [5.74, 6) is -0.861. The highest BCUT2D eigenvalue weighted by molar-refractivity contribution is 5.55. The molecule has 0 unspecified atom stereocenters. The average molecular weight is 345 g/mol. The van der Waals surface area contributed by atoms with Crippen LogP contribution >= 0.6 is 0 Å². The SMILES string of the molecule is C/C=C(\C=C(\C)N(C)c1ccncc1C)OCc1ncc(F)cc1F. The Balaban J connectivity index is 2.10. The van der Waals surface area contributed by atoms with E-state index in [1.165, 1.54) is 0 Å². The number of aromatic nitrogens is 2. The van der Waals surface area contributed by atoms with Crippen molar-refractivity contribution in [1.29, 1.82) is 0 Å². The van der Waals surface area contributed by atoms with Crippen LogP contribution in [0.4, 0.5) is 14.5 Å². The average Bonchev–Trinajstić information content (AvgIpc) is 2.59. The van der Waals surface area contributed by atoms with Crippen LogP contribution in [0.15, 0.2) is 54.3 Å². The maximum absolute atomic E-state index is 13.6. The molecular formula is C19H21F2N3O. The number of allylic oxidation sites excluding steroid dienone is 3. The Labute approximate surface area is 146 Å². The van der Waals surface area contributed by atoms with E-state index in [2.05, 4.69) is 9.97 Å². The molecular weight excluding hydrogens is 324 g/mol. The Hall–Kier alpha value is -2.76. The van der Waals surface area contributed by atoms with E-state index in [0.29, 0.717) is 5.76 Å². The van der Waals surface area contributed by atoms with Gasteiger partial charge in [-0.25, -0.2) is 8.78 Å². The smallest absolute Gasteiger partial charge is 0.151 e. The van der Waals surface area contributed by atoms with E-state index in [1.807, 2.05) is 44.9 Å². The molecule has 0 spiro atoms. The Morgan fingerprint density at radius 3 is 2.72 bits per heavy atom. The van der Waals surface area contributed by atoms with Gasteiger partial charge < -0.3 is 9.64 Å². The van der Waals surface area contributed by atoms with Crippen LogP contribution in [0.25, 0.3) is 0 Å². The summed E-state index contributed by atoms with van der Waals surface area (Å²) in [5, 5.41) is 0. The molecule has 0 bridgehead atoms. The number of hydrogen-bond acceptors (Lipinski definition) is 4.